The second kappa shape index (κ2) is 7.61. The van der Waals surface area contributed by atoms with Crippen LogP contribution < -0.4 is 10.2 Å². The number of fused-ring (bicyclic) bond motifs is 1. The van der Waals surface area contributed by atoms with Gasteiger partial charge in [0.15, 0.2) is 0 Å². The van der Waals surface area contributed by atoms with E-state index in [0.29, 0.717) is 30.3 Å². The molecule has 0 radical (unpaired) electrons. The van der Waals surface area contributed by atoms with Crippen molar-refractivity contribution < 1.29 is 9.72 Å². The number of nitro groups is 1. The van der Waals surface area contributed by atoms with Crippen LogP contribution in [0, 0.1) is 10.1 Å². The molecule has 1 amide bonds. The van der Waals surface area contributed by atoms with Crippen molar-refractivity contribution in [2.24, 2.45) is 7.05 Å². The Bertz CT molecular complexity index is 917. The number of carbonyl (C=O) groups is 1. The van der Waals surface area contributed by atoms with Crippen LogP contribution in [0.15, 0.2) is 18.2 Å². The normalized spacial score (nSPS) is 13.8. The van der Waals surface area contributed by atoms with Crippen molar-refractivity contribution in [2.75, 3.05) is 11.4 Å². The van der Waals surface area contributed by atoms with Crippen molar-refractivity contribution in [3.05, 3.63) is 51.1 Å². The second-order valence-corrected chi connectivity index (χ2v) is 7.84. The summed E-state index contributed by atoms with van der Waals surface area (Å²) in [6.07, 6.45) is 0.776. The number of aromatic nitrogens is 2. The minimum Gasteiger partial charge on any atom is -0.360 e. The molecular formula is C20H27N5O3. The third kappa shape index (κ3) is 3.72. The summed E-state index contributed by atoms with van der Waals surface area (Å²) in [7, 11) is 2.03. The summed E-state index contributed by atoms with van der Waals surface area (Å²) in [5, 5.41) is 14.5. The first-order valence-corrected chi connectivity index (χ1v) is 9.57. The molecule has 28 heavy (non-hydrogen) atoms. The molecule has 8 heteroatoms. The van der Waals surface area contributed by atoms with Crippen LogP contribution in [0.1, 0.15) is 61.2 Å². The lowest BCUT2D eigenvalue weighted by Crippen LogP contribution is -2.32. The first-order chi connectivity index (χ1) is 13.2. The summed E-state index contributed by atoms with van der Waals surface area (Å²) < 4.78 is 2.14. The Balaban J connectivity index is 1.92. The fraction of sp³-hybridized carbons (Fsp3) is 0.500. The molecule has 0 saturated heterocycles. The third-order valence-electron chi connectivity index (χ3n) is 5.00. The Morgan fingerprint density at radius 2 is 2.00 bits per heavy atom. The van der Waals surface area contributed by atoms with Crippen LogP contribution in [-0.2, 0) is 20.0 Å². The van der Waals surface area contributed by atoms with Crippen LogP contribution in [0.4, 0.5) is 11.4 Å². The molecule has 0 atom stereocenters. The van der Waals surface area contributed by atoms with Gasteiger partial charge in [0, 0.05) is 49.3 Å². The summed E-state index contributed by atoms with van der Waals surface area (Å²) in [6, 6.07) is 4.64. The van der Waals surface area contributed by atoms with Crippen molar-refractivity contribution in [1.29, 1.82) is 0 Å². The molecule has 2 aromatic rings. The maximum absolute atomic E-state index is 12.2. The fourth-order valence-corrected chi connectivity index (χ4v) is 3.69. The van der Waals surface area contributed by atoms with Crippen LogP contribution in [0.25, 0.3) is 0 Å². The molecule has 1 N–H and O–H groups in total. The maximum Gasteiger partial charge on any atom is 0.293 e. The van der Waals surface area contributed by atoms with Gasteiger partial charge in [-0.2, -0.15) is 0 Å². The van der Waals surface area contributed by atoms with E-state index in [1.807, 2.05) is 25.8 Å². The van der Waals surface area contributed by atoms with E-state index in [-0.39, 0.29) is 17.6 Å². The van der Waals surface area contributed by atoms with Gasteiger partial charge in [-0.15, -0.1) is 0 Å². The van der Waals surface area contributed by atoms with E-state index in [0.717, 1.165) is 17.9 Å². The van der Waals surface area contributed by atoms with Gasteiger partial charge in [0.05, 0.1) is 17.2 Å². The SMILES string of the molecule is CC(C)NC(=O)c1ccc(N2CCc3c(nc(C(C)C)n3C)C2)c([N+](=O)[O-])c1. The van der Waals surface area contributed by atoms with E-state index in [9.17, 15) is 14.9 Å². The Morgan fingerprint density at radius 1 is 1.29 bits per heavy atom. The van der Waals surface area contributed by atoms with Gasteiger partial charge in [0.2, 0.25) is 0 Å². The lowest BCUT2D eigenvalue weighted by molar-refractivity contribution is -0.384. The first kappa shape index (κ1) is 19.9. The predicted molar refractivity (Wildman–Crippen MR) is 108 cm³/mol. The van der Waals surface area contributed by atoms with Gasteiger partial charge >= 0.3 is 0 Å². The number of nitrogens with zero attached hydrogens (tertiary/aromatic N) is 4. The topological polar surface area (TPSA) is 93.3 Å². The molecule has 0 aliphatic carbocycles. The average Bonchev–Trinajstić information content (AvgIpc) is 2.97. The van der Waals surface area contributed by atoms with Crippen molar-refractivity contribution in [3.63, 3.8) is 0 Å². The van der Waals surface area contributed by atoms with Crippen LogP contribution in [0.2, 0.25) is 0 Å². The van der Waals surface area contributed by atoms with E-state index in [1.165, 1.54) is 11.8 Å². The maximum atomic E-state index is 12.2. The zero-order chi connectivity index (χ0) is 20.6. The number of benzene rings is 1. The van der Waals surface area contributed by atoms with E-state index < -0.39 is 4.92 Å². The molecule has 2 heterocycles. The Labute approximate surface area is 164 Å². The zero-order valence-electron chi connectivity index (χ0n) is 17.0. The van der Waals surface area contributed by atoms with E-state index >= 15 is 0 Å². The summed E-state index contributed by atoms with van der Waals surface area (Å²) in [5.41, 5.74) is 2.92. The number of hydrogen-bond donors (Lipinski definition) is 1. The van der Waals surface area contributed by atoms with E-state index in [1.54, 1.807) is 12.1 Å². The van der Waals surface area contributed by atoms with E-state index in [4.69, 9.17) is 4.98 Å². The van der Waals surface area contributed by atoms with Crippen LogP contribution in [0.5, 0.6) is 0 Å². The number of nitrogens with one attached hydrogen (secondary N) is 1. The summed E-state index contributed by atoms with van der Waals surface area (Å²) in [4.78, 5) is 30.2. The number of anilines is 1. The molecule has 1 aromatic heterocycles. The van der Waals surface area contributed by atoms with E-state index in [2.05, 4.69) is 23.7 Å². The summed E-state index contributed by atoms with van der Waals surface area (Å²) in [5.74, 6) is 1.04. The van der Waals surface area contributed by atoms with Crippen molar-refractivity contribution >= 4 is 17.3 Å². The Kier molecular flexibility index (Phi) is 5.40. The van der Waals surface area contributed by atoms with Gasteiger partial charge in [-0.3, -0.25) is 14.9 Å². The van der Waals surface area contributed by atoms with Crippen LogP contribution in [-0.4, -0.2) is 33.0 Å². The average molecular weight is 385 g/mol. The Hall–Kier alpha value is -2.90. The standard InChI is InChI=1S/C20H27N5O3/c1-12(2)19-22-15-11-24(9-8-16(15)23(19)5)17-7-6-14(10-18(17)25(27)28)20(26)21-13(3)4/h6-7,10,12-13H,8-9,11H2,1-5H3,(H,21,26). The minimum absolute atomic E-state index is 0.0361. The molecule has 0 spiro atoms. The number of nitro benzene ring substituents is 1. The second-order valence-electron chi connectivity index (χ2n) is 7.84. The quantitative estimate of drug-likeness (QED) is 0.630. The van der Waals surface area contributed by atoms with Crippen LogP contribution in [0.3, 0.4) is 0 Å². The van der Waals surface area contributed by atoms with Gasteiger partial charge in [-0.05, 0) is 26.0 Å². The third-order valence-corrected chi connectivity index (χ3v) is 5.00. The molecular weight excluding hydrogens is 358 g/mol. The summed E-state index contributed by atoms with van der Waals surface area (Å²) >= 11 is 0. The van der Waals surface area contributed by atoms with Gasteiger partial charge < -0.3 is 14.8 Å². The summed E-state index contributed by atoms with van der Waals surface area (Å²) in [6.45, 7) is 9.11. The monoisotopic (exact) mass is 385 g/mol. The van der Waals surface area contributed by atoms with Crippen LogP contribution >= 0.6 is 0 Å². The Morgan fingerprint density at radius 3 is 2.61 bits per heavy atom. The molecule has 0 bridgehead atoms. The molecule has 1 aliphatic heterocycles. The largest absolute Gasteiger partial charge is 0.360 e. The number of imidazole rings is 1. The van der Waals surface area contributed by atoms with Crippen molar-refractivity contribution in [2.45, 2.75) is 52.6 Å². The number of carbonyl (C=O) groups excluding carboxylic acids is 1. The van der Waals surface area contributed by atoms with Gasteiger partial charge in [0.25, 0.3) is 11.6 Å². The molecule has 8 nitrogen and oxygen atoms in total. The van der Waals surface area contributed by atoms with Gasteiger partial charge in [-0.25, -0.2) is 4.98 Å². The smallest absolute Gasteiger partial charge is 0.293 e. The lowest BCUT2D eigenvalue weighted by atomic mass is 10.1. The molecule has 150 valence electrons. The minimum atomic E-state index is -0.422. The highest BCUT2D eigenvalue weighted by Gasteiger charge is 2.28. The molecule has 0 unspecified atom stereocenters. The molecule has 1 aliphatic rings. The number of hydrogen-bond acceptors (Lipinski definition) is 5. The molecule has 0 fully saturated rings. The highest BCUT2D eigenvalue weighted by molar-refractivity contribution is 5.96. The van der Waals surface area contributed by atoms with Crippen molar-refractivity contribution in [3.8, 4) is 0 Å². The predicted octanol–water partition coefficient (Wildman–Crippen LogP) is 3.15. The number of rotatable bonds is 5. The lowest BCUT2D eigenvalue weighted by Gasteiger charge is -2.28. The number of amides is 1. The zero-order valence-corrected chi connectivity index (χ0v) is 17.0. The first-order valence-electron chi connectivity index (χ1n) is 9.57. The van der Waals surface area contributed by atoms with Gasteiger partial charge in [-0.1, -0.05) is 13.8 Å². The highest BCUT2D eigenvalue weighted by Crippen LogP contribution is 2.33. The molecule has 1 aromatic carbocycles. The highest BCUT2D eigenvalue weighted by atomic mass is 16.6. The molecule has 3 rings (SSSR count). The molecule has 0 saturated carbocycles. The fourth-order valence-electron chi connectivity index (χ4n) is 3.69. The van der Waals surface area contributed by atoms with Crippen molar-refractivity contribution in [1.82, 2.24) is 14.9 Å². The van der Waals surface area contributed by atoms with Gasteiger partial charge in [0.1, 0.15) is 11.5 Å².